The Hall–Kier alpha value is -0.140. The average Bonchev–Trinajstić information content (AvgIpc) is 2.71. The van der Waals surface area contributed by atoms with Crippen LogP contribution in [0.1, 0.15) is 24.1 Å². The Kier molecular flexibility index (Phi) is 7.79. The molecule has 0 aliphatic carbocycles. The van der Waals surface area contributed by atoms with Crippen LogP contribution in [0, 0.1) is 2.88 Å². The molecule has 5 heteroatoms. The molecule has 1 heterocycles. The maximum absolute atomic E-state index is 11.5. The topological polar surface area (TPSA) is 38.3 Å². The summed E-state index contributed by atoms with van der Waals surface area (Å²) < 4.78 is 6.23. The predicted octanol–water partition coefficient (Wildman–Crippen LogP) is 2.83. The number of carbonyl (C=O) groups is 1. The third-order valence-corrected chi connectivity index (χ3v) is 4.28. The zero-order chi connectivity index (χ0) is 12.5. The minimum atomic E-state index is 0.146. The highest BCUT2D eigenvalue weighted by Crippen LogP contribution is 2.18. The molecule has 1 aromatic rings. The molecule has 0 radical (unpaired) electrons. The van der Waals surface area contributed by atoms with Crippen molar-refractivity contribution in [3.05, 3.63) is 19.9 Å². The van der Waals surface area contributed by atoms with E-state index in [2.05, 4.69) is 40.0 Å². The number of halogens is 1. The lowest BCUT2D eigenvalue weighted by molar-refractivity contribution is -0.121. The van der Waals surface area contributed by atoms with Gasteiger partial charge in [0.15, 0.2) is 0 Å². The smallest absolute Gasteiger partial charge is 0.220 e. The largest absolute Gasteiger partial charge is 0.385 e. The first-order valence-corrected chi connectivity index (χ1v) is 7.61. The van der Waals surface area contributed by atoms with Crippen molar-refractivity contribution in [2.45, 2.75) is 25.7 Å². The summed E-state index contributed by atoms with van der Waals surface area (Å²) in [5.74, 6) is 0.146. The van der Waals surface area contributed by atoms with Crippen LogP contribution in [-0.4, -0.2) is 26.2 Å². The lowest BCUT2D eigenvalue weighted by atomic mass is 10.2. The molecule has 0 bridgehead atoms. The third kappa shape index (κ3) is 7.00. The van der Waals surface area contributed by atoms with Gasteiger partial charge in [-0.15, -0.1) is 11.3 Å². The Labute approximate surface area is 120 Å². The van der Waals surface area contributed by atoms with Crippen LogP contribution in [0.25, 0.3) is 0 Å². The van der Waals surface area contributed by atoms with Gasteiger partial charge in [-0.2, -0.15) is 0 Å². The fourth-order valence-electron chi connectivity index (χ4n) is 1.43. The quantitative estimate of drug-likeness (QED) is 0.567. The van der Waals surface area contributed by atoms with Crippen molar-refractivity contribution in [1.82, 2.24) is 5.32 Å². The highest BCUT2D eigenvalue weighted by molar-refractivity contribution is 14.1. The molecule has 1 aromatic heterocycles. The molecular weight excluding hydrogens is 349 g/mol. The number of carbonyl (C=O) groups excluding carboxylic acids is 1. The maximum Gasteiger partial charge on any atom is 0.220 e. The van der Waals surface area contributed by atoms with Gasteiger partial charge in [-0.05, 0) is 54.0 Å². The molecule has 17 heavy (non-hydrogen) atoms. The van der Waals surface area contributed by atoms with Crippen LogP contribution in [0.2, 0.25) is 0 Å². The fourth-order valence-corrected chi connectivity index (χ4v) is 3.19. The summed E-state index contributed by atoms with van der Waals surface area (Å²) in [6.45, 7) is 1.47. The lowest BCUT2D eigenvalue weighted by Crippen LogP contribution is -2.25. The molecule has 0 spiro atoms. The van der Waals surface area contributed by atoms with Crippen molar-refractivity contribution < 1.29 is 9.53 Å². The van der Waals surface area contributed by atoms with Gasteiger partial charge < -0.3 is 10.1 Å². The monoisotopic (exact) mass is 367 g/mol. The van der Waals surface area contributed by atoms with Gasteiger partial charge in [-0.3, -0.25) is 4.79 Å². The molecule has 0 aliphatic heterocycles. The van der Waals surface area contributed by atoms with E-state index in [1.807, 2.05) is 0 Å². The van der Waals surface area contributed by atoms with E-state index < -0.39 is 0 Å². The summed E-state index contributed by atoms with van der Waals surface area (Å²) in [7, 11) is 1.68. The number of unbranched alkanes of at least 4 members (excludes halogenated alkanes) is 1. The molecule has 0 atom stereocenters. The number of methoxy groups -OCH3 is 1. The molecule has 0 saturated heterocycles. The van der Waals surface area contributed by atoms with E-state index in [4.69, 9.17) is 4.74 Å². The molecule has 1 N–H and O–H groups in total. The predicted molar refractivity (Wildman–Crippen MR) is 79.5 cm³/mol. The van der Waals surface area contributed by atoms with Crippen molar-refractivity contribution in [2.75, 3.05) is 20.3 Å². The molecule has 0 aromatic carbocycles. The number of hydrogen-bond donors (Lipinski definition) is 1. The summed E-state index contributed by atoms with van der Waals surface area (Å²) in [6.07, 6.45) is 3.38. The summed E-state index contributed by atoms with van der Waals surface area (Å²) in [4.78, 5) is 12.8. The minimum Gasteiger partial charge on any atom is -0.385 e. The first kappa shape index (κ1) is 14.9. The summed E-state index contributed by atoms with van der Waals surface area (Å²) in [5.41, 5.74) is 0. The van der Waals surface area contributed by atoms with Crippen molar-refractivity contribution in [2.24, 2.45) is 0 Å². The van der Waals surface area contributed by atoms with Gasteiger partial charge in [-0.1, -0.05) is 0 Å². The van der Waals surface area contributed by atoms with Crippen molar-refractivity contribution in [3.63, 3.8) is 0 Å². The van der Waals surface area contributed by atoms with E-state index in [9.17, 15) is 4.79 Å². The van der Waals surface area contributed by atoms with Crippen LogP contribution in [0.15, 0.2) is 12.1 Å². The highest BCUT2D eigenvalue weighted by Gasteiger charge is 2.02. The number of rotatable bonds is 8. The standard InChI is InChI=1S/C12H18INO2S/c1-16-9-3-2-4-12(15)14-8-7-10-5-6-11(13)17-10/h5-6H,2-4,7-9H2,1H3,(H,14,15). The van der Waals surface area contributed by atoms with E-state index in [0.29, 0.717) is 6.42 Å². The first-order chi connectivity index (χ1) is 8.22. The molecule has 0 aliphatic rings. The van der Waals surface area contributed by atoms with E-state index in [1.165, 1.54) is 7.76 Å². The van der Waals surface area contributed by atoms with Crippen LogP contribution < -0.4 is 5.32 Å². The molecule has 3 nitrogen and oxygen atoms in total. The summed E-state index contributed by atoms with van der Waals surface area (Å²) in [6, 6.07) is 4.23. The number of amides is 1. The highest BCUT2D eigenvalue weighted by atomic mass is 127. The van der Waals surface area contributed by atoms with Crippen molar-refractivity contribution in [3.8, 4) is 0 Å². The van der Waals surface area contributed by atoms with Crippen molar-refractivity contribution in [1.29, 1.82) is 0 Å². The summed E-state index contributed by atoms with van der Waals surface area (Å²) >= 11 is 4.09. The second-order valence-corrected chi connectivity index (χ2v) is 6.82. The van der Waals surface area contributed by atoms with Gasteiger partial charge in [-0.25, -0.2) is 0 Å². The molecule has 0 fully saturated rings. The number of nitrogens with one attached hydrogen (secondary N) is 1. The number of ether oxygens (including phenoxy) is 1. The minimum absolute atomic E-state index is 0.146. The van der Waals surface area contributed by atoms with Crippen molar-refractivity contribution >= 4 is 39.8 Å². The lowest BCUT2D eigenvalue weighted by Gasteiger charge is -2.04. The van der Waals surface area contributed by atoms with E-state index in [1.54, 1.807) is 18.4 Å². The van der Waals surface area contributed by atoms with Gasteiger partial charge in [0.25, 0.3) is 0 Å². The average molecular weight is 367 g/mol. The van der Waals surface area contributed by atoms with Crippen LogP contribution >= 0.6 is 33.9 Å². The molecule has 0 unspecified atom stereocenters. The van der Waals surface area contributed by atoms with Gasteiger partial charge in [0.2, 0.25) is 5.91 Å². The second-order valence-electron chi connectivity index (χ2n) is 3.76. The zero-order valence-corrected chi connectivity index (χ0v) is 13.0. The Morgan fingerprint density at radius 2 is 2.29 bits per heavy atom. The SMILES string of the molecule is COCCCCC(=O)NCCc1ccc(I)s1. The maximum atomic E-state index is 11.5. The number of thiophene rings is 1. The molecular formula is C12H18INO2S. The van der Waals surface area contributed by atoms with Crippen LogP contribution in [0.3, 0.4) is 0 Å². The molecule has 1 amide bonds. The normalized spacial score (nSPS) is 10.5. The van der Waals surface area contributed by atoms with E-state index >= 15 is 0 Å². The zero-order valence-electron chi connectivity index (χ0n) is 10.0. The van der Waals surface area contributed by atoms with Crippen LogP contribution in [0.5, 0.6) is 0 Å². The molecule has 0 saturated carbocycles. The Bertz CT molecular complexity index is 341. The fraction of sp³-hybridized carbons (Fsp3) is 0.583. The summed E-state index contributed by atoms with van der Waals surface area (Å²) in [5, 5.41) is 2.94. The van der Waals surface area contributed by atoms with Gasteiger partial charge in [0, 0.05) is 31.6 Å². The van der Waals surface area contributed by atoms with E-state index in [-0.39, 0.29) is 5.91 Å². The Morgan fingerprint density at radius 1 is 1.47 bits per heavy atom. The second kappa shape index (κ2) is 8.88. The van der Waals surface area contributed by atoms with Gasteiger partial charge in [0.05, 0.1) is 2.88 Å². The Morgan fingerprint density at radius 3 is 2.94 bits per heavy atom. The molecule has 96 valence electrons. The molecule has 1 rings (SSSR count). The number of hydrogen-bond acceptors (Lipinski definition) is 3. The third-order valence-electron chi connectivity index (χ3n) is 2.32. The van der Waals surface area contributed by atoms with Gasteiger partial charge >= 0.3 is 0 Å². The van der Waals surface area contributed by atoms with Crippen LogP contribution in [-0.2, 0) is 16.0 Å². The van der Waals surface area contributed by atoms with E-state index in [0.717, 1.165) is 32.4 Å². The first-order valence-electron chi connectivity index (χ1n) is 5.72. The van der Waals surface area contributed by atoms with Gasteiger partial charge in [0.1, 0.15) is 0 Å². The Balaban J connectivity index is 2.04. The van der Waals surface area contributed by atoms with Crippen LogP contribution in [0.4, 0.5) is 0 Å².